The van der Waals surface area contributed by atoms with Gasteiger partial charge in [-0.2, -0.15) is 0 Å². The number of benzene rings is 1. The molecule has 0 unspecified atom stereocenters. The molecule has 1 nitrogen and oxygen atoms in total. The minimum absolute atomic E-state index is 0.449. The zero-order valence-electron chi connectivity index (χ0n) is 10.1. The summed E-state index contributed by atoms with van der Waals surface area (Å²) < 4.78 is 3.92. The van der Waals surface area contributed by atoms with Gasteiger partial charge in [0.25, 0.3) is 0 Å². The summed E-state index contributed by atoms with van der Waals surface area (Å²) in [5, 5.41) is 0.841. The van der Waals surface area contributed by atoms with Crippen LogP contribution in [0.3, 0.4) is 0 Å². The summed E-state index contributed by atoms with van der Waals surface area (Å²) in [5.74, 6) is 0. The van der Waals surface area contributed by atoms with Crippen LogP contribution >= 0.6 is 34.2 Å². The number of hydrogen-bond acceptors (Lipinski definition) is 1. The van der Waals surface area contributed by atoms with Crippen molar-refractivity contribution in [3.05, 3.63) is 34.9 Å². The third-order valence-electron chi connectivity index (χ3n) is 3.16. The summed E-state index contributed by atoms with van der Waals surface area (Å²) in [5.41, 5.74) is 2.67. The molecule has 0 saturated carbocycles. The normalized spacial score (nSPS) is 14.9. The van der Waals surface area contributed by atoms with Gasteiger partial charge in [0, 0.05) is 26.4 Å². The van der Waals surface area contributed by atoms with Crippen molar-refractivity contribution in [1.82, 2.24) is 0 Å². The number of rotatable bonds is 3. The molecule has 1 aliphatic rings. The Balaban J connectivity index is 2.45. The largest absolute Gasteiger partial charge is 0.393 e. The highest BCUT2D eigenvalue weighted by Gasteiger charge is 2.23. The second-order valence-corrected chi connectivity index (χ2v) is 8.78. The van der Waals surface area contributed by atoms with Gasteiger partial charge in [-0.1, -0.05) is 37.6 Å². The molecule has 0 aliphatic carbocycles. The molecule has 1 aromatic carbocycles. The maximum absolute atomic E-state index is 6.14. The molecule has 0 saturated heterocycles. The van der Waals surface area contributed by atoms with Crippen molar-refractivity contribution >= 4 is 52.4 Å². The molecule has 17 heavy (non-hydrogen) atoms. The highest BCUT2D eigenvalue weighted by atomic mass is 127. The maximum Gasteiger partial charge on any atom is 0.169 e. The molecule has 0 aromatic heterocycles. The van der Waals surface area contributed by atoms with Gasteiger partial charge in [0.2, 0.25) is 0 Å². The molecule has 0 fully saturated rings. The van der Waals surface area contributed by atoms with Gasteiger partial charge in [-0.25, -0.2) is 0 Å². The standard InChI is InChI=1S/C13H16ClINSi/c1-3-17(4-2)16-8-7-12(15)11-6-5-10(14)9-13(11)16/h5-7,9H,3-4,8H2,1-2H3. The molecule has 0 atom stereocenters. The SMILES string of the molecule is CC[Si](CC)N1CC=C(I)c2ccc(Cl)cc21. The van der Waals surface area contributed by atoms with Crippen molar-refractivity contribution in [2.45, 2.75) is 25.9 Å². The fourth-order valence-corrected chi connectivity index (χ4v) is 5.20. The summed E-state index contributed by atoms with van der Waals surface area (Å²) in [6.45, 7) is 5.64. The fourth-order valence-electron chi connectivity index (χ4n) is 2.24. The predicted octanol–water partition coefficient (Wildman–Crippen LogP) is 4.97. The lowest BCUT2D eigenvalue weighted by atomic mass is 10.1. The second-order valence-electron chi connectivity index (χ2n) is 4.10. The Morgan fingerprint density at radius 3 is 2.71 bits per heavy atom. The zero-order chi connectivity index (χ0) is 12.4. The van der Waals surface area contributed by atoms with Crippen LogP contribution < -0.4 is 4.57 Å². The van der Waals surface area contributed by atoms with E-state index in [1.54, 1.807) is 0 Å². The molecular weight excluding hydrogens is 361 g/mol. The molecular formula is C13H16ClINSi. The molecule has 1 aliphatic heterocycles. The molecule has 0 N–H and O–H groups in total. The monoisotopic (exact) mass is 376 g/mol. The van der Waals surface area contributed by atoms with E-state index in [-0.39, 0.29) is 0 Å². The Hall–Kier alpha value is -0.00312. The predicted molar refractivity (Wildman–Crippen MR) is 87.5 cm³/mol. The van der Waals surface area contributed by atoms with Crippen LogP contribution in [0.25, 0.3) is 3.58 Å². The number of fused-ring (bicyclic) bond motifs is 1. The Morgan fingerprint density at radius 2 is 2.06 bits per heavy atom. The summed E-state index contributed by atoms with van der Waals surface area (Å²) in [6, 6.07) is 8.81. The van der Waals surface area contributed by atoms with Gasteiger partial charge >= 0.3 is 0 Å². The molecule has 1 heterocycles. The van der Waals surface area contributed by atoms with Crippen molar-refractivity contribution in [2.24, 2.45) is 0 Å². The lowest BCUT2D eigenvalue weighted by molar-refractivity contribution is 1.09. The first-order valence-electron chi connectivity index (χ1n) is 5.95. The van der Waals surface area contributed by atoms with Gasteiger partial charge in [-0.3, -0.25) is 0 Å². The minimum atomic E-state index is -0.449. The first-order valence-corrected chi connectivity index (χ1v) is 9.27. The zero-order valence-corrected chi connectivity index (χ0v) is 14.0. The van der Waals surface area contributed by atoms with Gasteiger partial charge in [-0.15, -0.1) is 0 Å². The molecule has 1 aromatic rings. The van der Waals surface area contributed by atoms with E-state index in [2.05, 4.69) is 59.2 Å². The lowest BCUT2D eigenvalue weighted by Gasteiger charge is -2.35. The number of anilines is 1. The quantitative estimate of drug-likeness (QED) is 0.532. The van der Waals surface area contributed by atoms with Crippen LogP contribution in [0.15, 0.2) is 24.3 Å². The van der Waals surface area contributed by atoms with Gasteiger partial charge < -0.3 is 4.57 Å². The molecule has 4 heteroatoms. The summed E-state index contributed by atoms with van der Waals surface area (Å²) in [6.07, 6.45) is 2.33. The Morgan fingerprint density at radius 1 is 1.35 bits per heavy atom. The Labute approximate surface area is 124 Å². The average Bonchev–Trinajstić information content (AvgIpc) is 2.33. The average molecular weight is 377 g/mol. The van der Waals surface area contributed by atoms with Gasteiger partial charge in [0.1, 0.15) is 0 Å². The van der Waals surface area contributed by atoms with Crippen molar-refractivity contribution in [1.29, 1.82) is 0 Å². The van der Waals surface area contributed by atoms with E-state index in [9.17, 15) is 0 Å². The first-order chi connectivity index (χ1) is 8.17. The van der Waals surface area contributed by atoms with Crippen LogP contribution in [0.2, 0.25) is 17.1 Å². The molecule has 91 valence electrons. The van der Waals surface area contributed by atoms with Gasteiger partial charge in [-0.05, 0) is 46.8 Å². The Bertz CT molecular complexity index is 443. The maximum atomic E-state index is 6.14. The number of halogens is 2. The van der Waals surface area contributed by atoms with Gasteiger partial charge in [0.05, 0.1) is 0 Å². The van der Waals surface area contributed by atoms with Crippen LogP contribution in [-0.2, 0) is 0 Å². The molecule has 2 rings (SSSR count). The molecule has 0 bridgehead atoms. The number of nitrogens with zero attached hydrogens (tertiary/aromatic N) is 1. The molecule has 1 radical (unpaired) electrons. The van der Waals surface area contributed by atoms with Crippen molar-refractivity contribution < 1.29 is 0 Å². The summed E-state index contributed by atoms with van der Waals surface area (Å²) in [7, 11) is -0.449. The van der Waals surface area contributed by atoms with Crippen LogP contribution in [0.4, 0.5) is 5.69 Å². The van der Waals surface area contributed by atoms with Crippen LogP contribution in [0.5, 0.6) is 0 Å². The smallest absolute Gasteiger partial charge is 0.169 e. The second kappa shape index (κ2) is 5.76. The van der Waals surface area contributed by atoms with Crippen molar-refractivity contribution in [3.63, 3.8) is 0 Å². The van der Waals surface area contributed by atoms with E-state index >= 15 is 0 Å². The van der Waals surface area contributed by atoms with Crippen LogP contribution in [-0.4, -0.2) is 15.5 Å². The third-order valence-corrected chi connectivity index (χ3v) is 7.23. The molecule has 0 spiro atoms. The third kappa shape index (κ3) is 2.71. The topological polar surface area (TPSA) is 3.24 Å². The first kappa shape index (κ1) is 13.4. The van der Waals surface area contributed by atoms with Crippen LogP contribution in [0, 0.1) is 0 Å². The van der Waals surface area contributed by atoms with E-state index in [0.29, 0.717) is 0 Å². The summed E-state index contributed by atoms with van der Waals surface area (Å²) >= 11 is 8.56. The number of hydrogen-bond donors (Lipinski definition) is 0. The Kier molecular flexibility index (Phi) is 4.55. The van der Waals surface area contributed by atoms with E-state index in [4.69, 9.17) is 11.6 Å². The van der Waals surface area contributed by atoms with Crippen LogP contribution in [0.1, 0.15) is 19.4 Å². The van der Waals surface area contributed by atoms with E-state index in [1.807, 2.05) is 6.07 Å². The molecule has 0 amide bonds. The highest BCUT2D eigenvalue weighted by molar-refractivity contribution is 14.1. The van der Waals surface area contributed by atoms with E-state index in [0.717, 1.165) is 11.6 Å². The van der Waals surface area contributed by atoms with Crippen molar-refractivity contribution in [2.75, 3.05) is 11.1 Å². The fraction of sp³-hybridized carbons (Fsp3) is 0.385. The highest BCUT2D eigenvalue weighted by Crippen LogP contribution is 2.37. The minimum Gasteiger partial charge on any atom is -0.393 e. The summed E-state index contributed by atoms with van der Waals surface area (Å²) in [4.78, 5) is 0. The van der Waals surface area contributed by atoms with E-state index < -0.39 is 8.96 Å². The van der Waals surface area contributed by atoms with Crippen molar-refractivity contribution in [3.8, 4) is 0 Å². The van der Waals surface area contributed by atoms with E-state index in [1.165, 1.54) is 26.9 Å². The van der Waals surface area contributed by atoms with Gasteiger partial charge in [0.15, 0.2) is 8.96 Å². The lowest BCUT2D eigenvalue weighted by Crippen LogP contribution is -2.40.